The summed E-state index contributed by atoms with van der Waals surface area (Å²) in [6, 6.07) is 20.1. The molecule has 3 aliphatic heterocycles. The Morgan fingerprint density at radius 3 is 2.50 bits per heavy atom. The van der Waals surface area contributed by atoms with Gasteiger partial charge in [-0.3, -0.25) is 19.7 Å². The standard InChI is InChI=1S/C41H42N6O5/c1-24-6-7-28(38-26(3)44-52-27(38)4)19-36(24)46(31-10-8-30(9-11-31)41(42-5)16-17-41)20-25(2)51-33-22-45(23-33)32-12-13-34-29(18-32)21-47(40(34)50)35-14-15-37(48)43-39(35)49/h6-13,18-19,25,33,35H,14-17,20-23H2,1-4H3,(H,43,48,49). The van der Waals surface area contributed by atoms with Gasteiger partial charge in [-0.15, -0.1) is 0 Å². The lowest BCUT2D eigenvalue weighted by atomic mass is 10.00. The van der Waals surface area contributed by atoms with Crippen LogP contribution in [0.4, 0.5) is 17.1 Å². The number of nitrogens with zero attached hydrogens (tertiary/aromatic N) is 5. The van der Waals surface area contributed by atoms with Crippen LogP contribution in [-0.2, 0) is 26.4 Å². The Labute approximate surface area is 303 Å². The van der Waals surface area contributed by atoms with Crippen molar-refractivity contribution in [3.05, 3.63) is 106 Å². The van der Waals surface area contributed by atoms with Crippen LogP contribution < -0.4 is 15.1 Å². The molecule has 3 fully saturated rings. The average molecular weight is 699 g/mol. The third-order valence-electron chi connectivity index (χ3n) is 11.1. The second kappa shape index (κ2) is 12.9. The zero-order valence-electron chi connectivity index (χ0n) is 29.9. The van der Waals surface area contributed by atoms with Crippen molar-refractivity contribution in [3.8, 4) is 11.1 Å². The van der Waals surface area contributed by atoms with E-state index in [1.165, 1.54) is 0 Å². The molecule has 1 aliphatic carbocycles. The Bertz CT molecular complexity index is 2100. The summed E-state index contributed by atoms with van der Waals surface area (Å²) in [6.45, 7) is 18.3. The molecule has 1 aromatic heterocycles. The Morgan fingerprint density at radius 2 is 1.83 bits per heavy atom. The van der Waals surface area contributed by atoms with Gasteiger partial charge >= 0.3 is 0 Å². The normalized spacial score (nSPS) is 19.9. The number of aromatic nitrogens is 1. The van der Waals surface area contributed by atoms with Gasteiger partial charge in [0.2, 0.25) is 11.8 Å². The zero-order valence-corrected chi connectivity index (χ0v) is 29.9. The molecule has 4 aromatic rings. The summed E-state index contributed by atoms with van der Waals surface area (Å²) in [6.07, 6.45) is 2.33. The van der Waals surface area contributed by atoms with Crippen LogP contribution >= 0.6 is 0 Å². The van der Waals surface area contributed by atoms with Crippen LogP contribution in [0.5, 0.6) is 0 Å². The monoisotopic (exact) mass is 698 g/mol. The number of carbonyl (C=O) groups excluding carboxylic acids is 3. The minimum Gasteiger partial charge on any atom is -0.370 e. The Balaban J connectivity index is 0.966. The van der Waals surface area contributed by atoms with E-state index in [2.05, 4.69) is 81.4 Å². The number of nitrogens with one attached hydrogen (secondary N) is 1. The fourth-order valence-electron chi connectivity index (χ4n) is 7.95. The molecular weight excluding hydrogens is 656 g/mol. The van der Waals surface area contributed by atoms with Crippen LogP contribution in [0.15, 0.2) is 65.2 Å². The molecular formula is C41H42N6O5. The summed E-state index contributed by atoms with van der Waals surface area (Å²) in [5.41, 5.74) is 9.37. The van der Waals surface area contributed by atoms with E-state index in [0.717, 1.165) is 82.3 Å². The quantitative estimate of drug-likeness (QED) is 0.150. The van der Waals surface area contributed by atoms with E-state index >= 15 is 0 Å². The van der Waals surface area contributed by atoms with Crippen molar-refractivity contribution >= 4 is 34.8 Å². The van der Waals surface area contributed by atoms with E-state index < -0.39 is 11.9 Å². The van der Waals surface area contributed by atoms with Gasteiger partial charge in [0.15, 0.2) is 0 Å². The number of anilines is 3. The molecule has 1 saturated carbocycles. The number of rotatable bonds is 10. The van der Waals surface area contributed by atoms with E-state index in [0.29, 0.717) is 25.1 Å². The van der Waals surface area contributed by atoms with Gasteiger partial charge in [-0.05, 0) is 99.3 Å². The molecule has 2 unspecified atom stereocenters. The van der Waals surface area contributed by atoms with E-state index in [1.54, 1.807) is 4.90 Å². The fourth-order valence-corrected chi connectivity index (χ4v) is 7.95. The van der Waals surface area contributed by atoms with Gasteiger partial charge < -0.3 is 28.8 Å². The van der Waals surface area contributed by atoms with Gasteiger partial charge in [-0.25, -0.2) is 6.57 Å². The fraction of sp³-hybridized carbons (Fsp3) is 0.390. The van der Waals surface area contributed by atoms with Crippen molar-refractivity contribution in [3.63, 3.8) is 0 Å². The highest BCUT2D eigenvalue weighted by Gasteiger charge is 2.52. The van der Waals surface area contributed by atoms with E-state index in [9.17, 15) is 14.4 Å². The molecule has 1 N–H and O–H groups in total. The van der Waals surface area contributed by atoms with Crippen LogP contribution in [0.25, 0.3) is 16.0 Å². The molecule has 266 valence electrons. The number of hydrogen-bond donors (Lipinski definition) is 1. The molecule has 8 rings (SSSR count). The maximum absolute atomic E-state index is 13.2. The van der Waals surface area contributed by atoms with Gasteiger partial charge in [0.25, 0.3) is 11.4 Å². The van der Waals surface area contributed by atoms with E-state index in [1.807, 2.05) is 32.0 Å². The van der Waals surface area contributed by atoms with Gasteiger partial charge in [0.1, 0.15) is 11.8 Å². The van der Waals surface area contributed by atoms with Crippen LogP contribution in [0.3, 0.4) is 0 Å². The van der Waals surface area contributed by atoms with Crippen LogP contribution in [0, 0.1) is 27.3 Å². The summed E-state index contributed by atoms with van der Waals surface area (Å²) in [5.74, 6) is -0.0790. The van der Waals surface area contributed by atoms with Crippen molar-refractivity contribution < 1.29 is 23.6 Å². The van der Waals surface area contributed by atoms with Crippen molar-refractivity contribution in [2.24, 2.45) is 0 Å². The van der Waals surface area contributed by atoms with Crippen LogP contribution in [-0.4, -0.2) is 65.7 Å². The van der Waals surface area contributed by atoms with Gasteiger partial charge in [-0.1, -0.05) is 17.3 Å². The lowest BCUT2D eigenvalue weighted by Gasteiger charge is -2.42. The van der Waals surface area contributed by atoms with Crippen LogP contribution in [0.1, 0.15) is 71.1 Å². The number of hydrogen-bond acceptors (Lipinski definition) is 8. The number of aryl methyl sites for hydroxylation is 3. The van der Waals surface area contributed by atoms with Gasteiger partial charge in [0.05, 0.1) is 17.9 Å². The Kier molecular flexibility index (Phi) is 8.38. The molecule has 0 radical (unpaired) electrons. The molecule has 3 aromatic carbocycles. The lowest BCUT2D eigenvalue weighted by molar-refractivity contribution is -0.136. The first-order chi connectivity index (χ1) is 25.0. The molecule has 11 nitrogen and oxygen atoms in total. The molecule has 52 heavy (non-hydrogen) atoms. The number of piperidine rings is 1. The molecule has 4 heterocycles. The number of amides is 3. The van der Waals surface area contributed by atoms with Gasteiger partial charge in [0, 0.05) is 79.2 Å². The second-order valence-corrected chi connectivity index (χ2v) is 14.7. The Morgan fingerprint density at radius 1 is 1.06 bits per heavy atom. The SMILES string of the molecule is [C-]#[N+]C1(c2ccc(N(CC(C)OC3CN(c4ccc5c(c4)CN(C4CCC(=O)NC4=O)C5=O)C3)c3cc(-c4c(C)noc4C)ccc3C)cc2)CC1. The molecule has 0 spiro atoms. The minimum absolute atomic E-state index is 0.0391. The summed E-state index contributed by atoms with van der Waals surface area (Å²) in [4.78, 5) is 47.4. The maximum atomic E-state index is 13.2. The second-order valence-electron chi connectivity index (χ2n) is 14.7. The first-order valence-corrected chi connectivity index (χ1v) is 18.0. The smallest absolute Gasteiger partial charge is 0.258 e. The largest absolute Gasteiger partial charge is 0.370 e. The van der Waals surface area contributed by atoms with Crippen molar-refractivity contribution in [2.75, 3.05) is 29.4 Å². The first-order valence-electron chi connectivity index (χ1n) is 18.0. The predicted octanol–water partition coefficient (Wildman–Crippen LogP) is 6.37. The number of benzene rings is 3. The highest BCUT2D eigenvalue weighted by atomic mass is 16.5. The van der Waals surface area contributed by atoms with Crippen molar-refractivity contribution in [2.45, 2.75) is 83.7 Å². The summed E-state index contributed by atoms with van der Waals surface area (Å²) < 4.78 is 12.1. The summed E-state index contributed by atoms with van der Waals surface area (Å²) >= 11 is 0. The molecule has 2 atom stereocenters. The van der Waals surface area contributed by atoms with E-state index in [-0.39, 0.29) is 36.0 Å². The van der Waals surface area contributed by atoms with Crippen LogP contribution in [0.2, 0.25) is 0 Å². The molecule has 2 saturated heterocycles. The molecule has 11 heteroatoms. The molecule has 4 aliphatic rings. The third kappa shape index (κ3) is 6.01. The summed E-state index contributed by atoms with van der Waals surface area (Å²) in [7, 11) is 0. The minimum atomic E-state index is -0.627. The highest BCUT2D eigenvalue weighted by Crippen LogP contribution is 2.50. The topological polar surface area (TPSA) is 113 Å². The van der Waals surface area contributed by atoms with Crippen molar-refractivity contribution in [1.29, 1.82) is 0 Å². The van der Waals surface area contributed by atoms with Crippen molar-refractivity contribution in [1.82, 2.24) is 15.4 Å². The lowest BCUT2D eigenvalue weighted by Crippen LogP contribution is -2.54. The molecule has 0 bridgehead atoms. The molecule has 3 amide bonds. The number of ether oxygens (including phenoxy) is 1. The third-order valence-corrected chi connectivity index (χ3v) is 11.1. The zero-order chi connectivity index (χ0) is 36.3. The van der Waals surface area contributed by atoms with E-state index in [4.69, 9.17) is 15.8 Å². The first kappa shape index (κ1) is 33.7. The number of imide groups is 1. The average Bonchev–Trinajstić information content (AvgIpc) is 3.76. The summed E-state index contributed by atoms with van der Waals surface area (Å²) in [5, 5.41) is 6.55. The predicted molar refractivity (Wildman–Crippen MR) is 196 cm³/mol. The number of carbonyl (C=O) groups is 3. The van der Waals surface area contributed by atoms with Gasteiger partial charge in [-0.2, -0.15) is 0 Å². The Hall–Kier alpha value is -5.47. The maximum Gasteiger partial charge on any atom is 0.258 e. The number of fused-ring (bicyclic) bond motifs is 1. The highest BCUT2D eigenvalue weighted by molar-refractivity contribution is 6.05.